The topological polar surface area (TPSA) is 96.3 Å². The molecule has 2 aliphatic rings. The number of carboxylic acids is 1. The van der Waals surface area contributed by atoms with Crippen molar-refractivity contribution in [2.75, 3.05) is 26.3 Å². The summed E-state index contributed by atoms with van der Waals surface area (Å²) in [5.74, 6) is -0.363. The molecule has 0 aliphatic carbocycles. The first-order valence-electron chi connectivity index (χ1n) is 9.65. The molecule has 2 heterocycles. The Hall–Kier alpha value is -2.90. The first-order valence-corrected chi connectivity index (χ1v) is 9.65. The lowest BCUT2D eigenvalue weighted by molar-refractivity contribution is -0.184. The maximum Gasteiger partial charge on any atom is 0.335 e. The SMILES string of the molecule is O=C(O)c1ccc(OC2CCN(C(=O)c3ccc(C4(O)COC4)cc3)CC2)cc1. The predicted molar refractivity (Wildman–Crippen MR) is 104 cm³/mol. The van der Waals surface area contributed by atoms with Crippen LogP contribution in [0.4, 0.5) is 0 Å². The van der Waals surface area contributed by atoms with E-state index in [9.17, 15) is 14.7 Å². The van der Waals surface area contributed by atoms with Crippen molar-refractivity contribution in [1.29, 1.82) is 0 Å². The van der Waals surface area contributed by atoms with Crippen LogP contribution in [0.15, 0.2) is 48.5 Å². The van der Waals surface area contributed by atoms with Gasteiger partial charge >= 0.3 is 5.97 Å². The van der Waals surface area contributed by atoms with Crippen LogP contribution in [0.2, 0.25) is 0 Å². The van der Waals surface area contributed by atoms with Crippen molar-refractivity contribution in [3.05, 3.63) is 65.2 Å². The van der Waals surface area contributed by atoms with Crippen LogP contribution in [-0.4, -0.2) is 59.4 Å². The largest absolute Gasteiger partial charge is 0.490 e. The first kappa shape index (κ1) is 19.4. The van der Waals surface area contributed by atoms with Crippen molar-refractivity contribution < 1.29 is 29.3 Å². The summed E-state index contributed by atoms with van der Waals surface area (Å²) < 4.78 is 11.0. The molecule has 2 saturated heterocycles. The number of ether oxygens (including phenoxy) is 2. The highest BCUT2D eigenvalue weighted by Gasteiger charge is 2.38. The van der Waals surface area contributed by atoms with Gasteiger partial charge in [0.1, 0.15) is 17.5 Å². The standard InChI is InChI=1S/C22H23NO6/c24-20(15-1-5-17(6-2-15)22(27)13-28-14-22)23-11-9-19(10-12-23)29-18-7-3-16(4-8-18)21(25)26/h1-8,19,27H,9-14H2,(H,25,26). The molecule has 1 amide bonds. The van der Waals surface area contributed by atoms with E-state index in [0.29, 0.717) is 37.2 Å². The van der Waals surface area contributed by atoms with E-state index in [1.807, 2.05) is 4.90 Å². The van der Waals surface area contributed by atoms with Crippen molar-refractivity contribution >= 4 is 11.9 Å². The maximum absolute atomic E-state index is 12.8. The fraction of sp³-hybridized carbons (Fsp3) is 0.364. The molecule has 0 bridgehead atoms. The Kier molecular flexibility index (Phi) is 5.25. The summed E-state index contributed by atoms with van der Waals surface area (Å²) >= 11 is 0. The molecule has 7 heteroatoms. The van der Waals surface area contributed by atoms with Crippen LogP contribution in [0.5, 0.6) is 5.75 Å². The molecule has 2 fully saturated rings. The number of aromatic carboxylic acids is 1. The summed E-state index contributed by atoms with van der Waals surface area (Å²) in [6.07, 6.45) is 1.41. The third-order valence-electron chi connectivity index (χ3n) is 5.48. The highest BCUT2D eigenvalue weighted by Crippen LogP contribution is 2.29. The lowest BCUT2D eigenvalue weighted by atomic mass is 9.91. The van der Waals surface area contributed by atoms with Crippen LogP contribution in [0.3, 0.4) is 0 Å². The molecular formula is C22H23NO6. The normalized spacial score (nSPS) is 18.7. The van der Waals surface area contributed by atoms with Gasteiger partial charge in [-0.05, 0) is 42.0 Å². The molecule has 2 aromatic carbocycles. The number of rotatable bonds is 5. The van der Waals surface area contributed by atoms with Crippen molar-refractivity contribution in [2.24, 2.45) is 0 Å². The van der Waals surface area contributed by atoms with Gasteiger partial charge in [-0.25, -0.2) is 4.79 Å². The average molecular weight is 397 g/mol. The van der Waals surface area contributed by atoms with Gasteiger partial charge in [-0.1, -0.05) is 12.1 Å². The third kappa shape index (κ3) is 4.11. The van der Waals surface area contributed by atoms with Gasteiger partial charge in [0.05, 0.1) is 18.8 Å². The second-order valence-electron chi connectivity index (χ2n) is 7.54. The minimum Gasteiger partial charge on any atom is -0.490 e. The highest BCUT2D eigenvalue weighted by molar-refractivity contribution is 5.94. The lowest BCUT2D eigenvalue weighted by Gasteiger charge is -2.37. The molecule has 2 aliphatic heterocycles. The fourth-order valence-corrected chi connectivity index (χ4v) is 3.61. The molecule has 0 atom stereocenters. The number of piperidine rings is 1. The van der Waals surface area contributed by atoms with E-state index in [1.165, 1.54) is 12.1 Å². The summed E-state index contributed by atoms with van der Waals surface area (Å²) in [5.41, 5.74) is 0.656. The first-order chi connectivity index (χ1) is 13.9. The molecule has 0 aromatic heterocycles. The maximum atomic E-state index is 12.8. The van der Waals surface area contributed by atoms with E-state index >= 15 is 0 Å². The molecule has 0 spiro atoms. The number of nitrogens with zero attached hydrogens (tertiary/aromatic N) is 1. The van der Waals surface area contributed by atoms with E-state index in [0.717, 1.165) is 5.56 Å². The molecule has 152 valence electrons. The fourth-order valence-electron chi connectivity index (χ4n) is 3.61. The number of aliphatic hydroxyl groups is 1. The van der Waals surface area contributed by atoms with Crippen LogP contribution in [0, 0.1) is 0 Å². The van der Waals surface area contributed by atoms with Crippen LogP contribution >= 0.6 is 0 Å². The molecule has 2 N–H and O–H groups in total. The number of carboxylic acid groups (broad SMARTS) is 1. The summed E-state index contributed by atoms with van der Waals surface area (Å²) in [6.45, 7) is 1.76. The van der Waals surface area contributed by atoms with Crippen LogP contribution in [-0.2, 0) is 10.3 Å². The smallest absolute Gasteiger partial charge is 0.335 e. The predicted octanol–water partition coefficient (Wildman–Crippen LogP) is 2.29. The number of hydrogen-bond donors (Lipinski definition) is 2. The zero-order valence-corrected chi connectivity index (χ0v) is 15.9. The number of amides is 1. The monoisotopic (exact) mass is 397 g/mol. The minimum atomic E-state index is -0.966. The average Bonchev–Trinajstić information content (AvgIpc) is 2.72. The second-order valence-corrected chi connectivity index (χ2v) is 7.54. The van der Waals surface area contributed by atoms with Gasteiger partial charge in [-0.3, -0.25) is 4.79 Å². The van der Waals surface area contributed by atoms with Gasteiger partial charge in [0.25, 0.3) is 5.91 Å². The summed E-state index contributed by atoms with van der Waals surface area (Å²) in [5, 5.41) is 19.2. The Morgan fingerprint density at radius 3 is 2.07 bits per heavy atom. The highest BCUT2D eigenvalue weighted by atomic mass is 16.5. The van der Waals surface area contributed by atoms with Crippen LogP contribution in [0.25, 0.3) is 0 Å². The van der Waals surface area contributed by atoms with Crippen LogP contribution < -0.4 is 4.74 Å². The Labute approximate surface area is 168 Å². The van der Waals surface area contributed by atoms with Gasteiger partial charge < -0.3 is 24.6 Å². The lowest BCUT2D eigenvalue weighted by Crippen LogP contribution is -2.46. The Balaban J connectivity index is 1.30. The molecule has 4 rings (SSSR count). The van der Waals surface area contributed by atoms with Crippen molar-refractivity contribution in [1.82, 2.24) is 4.90 Å². The quantitative estimate of drug-likeness (QED) is 0.804. The molecule has 0 unspecified atom stereocenters. The molecule has 0 saturated carbocycles. The van der Waals surface area contributed by atoms with Gasteiger partial charge in [-0.15, -0.1) is 0 Å². The third-order valence-corrected chi connectivity index (χ3v) is 5.48. The Bertz CT molecular complexity index is 881. The number of benzene rings is 2. The summed E-state index contributed by atoms with van der Waals surface area (Å²) in [4.78, 5) is 25.5. The molecule has 29 heavy (non-hydrogen) atoms. The molecule has 2 aromatic rings. The van der Waals surface area contributed by atoms with Crippen molar-refractivity contribution in [3.63, 3.8) is 0 Å². The van der Waals surface area contributed by atoms with E-state index in [4.69, 9.17) is 14.6 Å². The Morgan fingerprint density at radius 1 is 0.966 bits per heavy atom. The van der Waals surface area contributed by atoms with Gasteiger partial charge in [0, 0.05) is 31.5 Å². The van der Waals surface area contributed by atoms with E-state index in [-0.39, 0.29) is 30.8 Å². The van der Waals surface area contributed by atoms with Crippen molar-refractivity contribution in [2.45, 2.75) is 24.5 Å². The van der Waals surface area contributed by atoms with E-state index in [2.05, 4.69) is 0 Å². The molecule has 0 radical (unpaired) electrons. The van der Waals surface area contributed by atoms with Gasteiger partial charge in [-0.2, -0.15) is 0 Å². The summed E-state index contributed by atoms with van der Waals surface area (Å²) in [6, 6.07) is 13.4. The van der Waals surface area contributed by atoms with Gasteiger partial charge in [0.15, 0.2) is 0 Å². The zero-order chi connectivity index (χ0) is 20.4. The second kappa shape index (κ2) is 7.85. The number of hydrogen-bond acceptors (Lipinski definition) is 5. The zero-order valence-electron chi connectivity index (χ0n) is 15.9. The number of carbonyl (C=O) groups is 2. The van der Waals surface area contributed by atoms with E-state index in [1.54, 1.807) is 36.4 Å². The van der Waals surface area contributed by atoms with Crippen molar-refractivity contribution in [3.8, 4) is 5.75 Å². The minimum absolute atomic E-state index is 0.00929. The van der Waals surface area contributed by atoms with E-state index < -0.39 is 11.6 Å². The summed E-state index contributed by atoms with van der Waals surface area (Å²) in [7, 11) is 0. The number of carbonyl (C=O) groups excluding carboxylic acids is 1. The molecular weight excluding hydrogens is 374 g/mol. The Morgan fingerprint density at radius 2 is 1.55 bits per heavy atom. The van der Waals surface area contributed by atoms with Crippen LogP contribution in [0.1, 0.15) is 39.1 Å². The number of likely N-dealkylation sites (tertiary alicyclic amines) is 1. The molecule has 7 nitrogen and oxygen atoms in total. The van der Waals surface area contributed by atoms with Gasteiger partial charge in [0.2, 0.25) is 0 Å².